The molecule has 3 heteroatoms. The average molecular weight is 249 g/mol. The Balaban J connectivity index is 2.04. The van der Waals surface area contributed by atoms with E-state index in [2.05, 4.69) is 43.8 Å². The summed E-state index contributed by atoms with van der Waals surface area (Å²) in [5, 5.41) is 8.35. The fourth-order valence-electron chi connectivity index (χ4n) is 2.71. The maximum atomic E-state index is 4.79. The zero-order valence-electron chi connectivity index (χ0n) is 12.2. The quantitative estimate of drug-likeness (QED) is 0.840. The molecule has 1 heterocycles. The van der Waals surface area contributed by atoms with Gasteiger partial charge < -0.3 is 5.32 Å². The van der Waals surface area contributed by atoms with Crippen LogP contribution in [0.2, 0.25) is 0 Å². The Morgan fingerprint density at radius 2 is 2.11 bits per heavy atom. The van der Waals surface area contributed by atoms with Crippen molar-refractivity contribution in [3.05, 3.63) is 17.5 Å². The number of rotatable bonds is 6. The van der Waals surface area contributed by atoms with E-state index in [9.17, 15) is 0 Å². The summed E-state index contributed by atoms with van der Waals surface area (Å²) in [4.78, 5) is 0. The fraction of sp³-hybridized carbons (Fsp3) is 0.800. The molecular weight excluding hydrogens is 222 g/mol. The van der Waals surface area contributed by atoms with Crippen LogP contribution >= 0.6 is 0 Å². The van der Waals surface area contributed by atoms with Crippen molar-refractivity contribution < 1.29 is 0 Å². The Labute approximate surface area is 111 Å². The van der Waals surface area contributed by atoms with Crippen LogP contribution in [0, 0.1) is 5.92 Å². The lowest BCUT2D eigenvalue weighted by molar-refractivity contribution is 0.156. The first kappa shape index (κ1) is 13.6. The summed E-state index contributed by atoms with van der Waals surface area (Å²) in [6.45, 7) is 9.98. The van der Waals surface area contributed by atoms with Crippen molar-refractivity contribution in [1.29, 1.82) is 0 Å². The average Bonchev–Trinajstić information content (AvgIpc) is 2.70. The Morgan fingerprint density at radius 3 is 2.61 bits per heavy atom. The van der Waals surface area contributed by atoms with Crippen LogP contribution < -0.4 is 5.32 Å². The first-order valence-electron chi connectivity index (χ1n) is 7.46. The van der Waals surface area contributed by atoms with E-state index in [1.165, 1.54) is 24.2 Å². The minimum atomic E-state index is 0.584. The van der Waals surface area contributed by atoms with Crippen LogP contribution in [-0.4, -0.2) is 22.4 Å². The third kappa shape index (κ3) is 2.77. The molecule has 0 saturated heterocycles. The van der Waals surface area contributed by atoms with Crippen molar-refractivity contribution in [3.8, 4) is 0 Å². The van der Waals surface area contributed by atoms with Gasteiger partial charge in [0, 0.05) is 18.3 Å². The molecule has 0 aromatic carbocycles. The molecule has 2 rings (SSSR count). The van der Waals surface area contributed by atoms with Gasteiger partial charge in [0.05, 0.1) is 11.7 Å². The van der Waals surface area contributed by atoms with Gasteiger partial charge in [-0.1, -0.05) is 27.7 Å². The lowest BCUT2D eigenvalue weighted by Crippen LogP contribution is -2.39. The molecule has 3 nitrogen and oxygen atoms in total. The molecule has 18 heavy (non-hydrogen) atoms. The van der Waals surface area contributed by atoms with E-state index >= 15 is 0 Å². The normalized spacial score (nSPS) is 23.4. The van der Waals surface area contributed by atoms with Gasteiger partial charge in [-0.05, 0) is 37.7 Å². The standard InChI is InChI=1S/C15H27N3/c1-5-13-9-14(6-2)18(17-13)15-8-7-12(15)10-16-11(3)4/h9,11-12,15-16H,5-8,10H2,1-4H3. The SMILES string of the molecule is CCc1cc(CC)n(C2CCC2CNC(C)C)n1. The van der Waals surface area contributed by atoms with E-state index < -0.39 is 0 Å². The number of hydrogen-bond acceptors (Lipinski definition) is 2. The minimum absolute atomic E-state index is 0.584. The number of nitrogens with one attached hydrogen (secondary N) is 1. The van der Waals surface area contributed by atoms with Crippen molar-refractivity contribution in [2.45, 2.75) is 65.5 Å². The van der Waals surface area contributed by atoms with E-state index in [1.54, 1.807) is 0 Å². The molecule has 1 aromatic heterocycles. The molecule has 0 aliphatic heterocycles. The third-order valence-electron chi connectivity index (χ3n) is 4.07. The maximum absolute atomic E-state index is 4.79. The van der Waals surface area contributed by atoms with Gasteiger partial charge in [0.2, 0.25) is 0 Å². The molecule has 2 unspecified atom stereocenters. The predicted octanol–water partition coefficient (Wildman–Crippen LogP) is 2.96. The van der Waals surface area contributed by atoms with Crippen molar-refractivity contribution in [3.63, 3.8) is 0 Å². The number of hydrogen-bond donors (Lipinski definition) is 1. The van der Waals surface area contributed by atoms with Crippen LogP contribution in [0.15, 0.2) is 6.07 Å². The summed E-state index contributed by atoms with van der Waals surface area (Å²) in [5.74, 6) is 0.766. The van der Waals surface area contributed by atoms with Gasteiger partial charge in [0.25, 0.3) is 0 Å². The van der Waals surface area contributed by atoms with Crippen LogP contribution in [0.4, 0.5) is 0 Å². The lowest BCUT2D eigenvalue weighted by Gasteiger charge is -2.38. The molecule has 102 valence electrons. The van der Waals surface area contributed by atoms with Crippen molar-refractivity contribution in [1.82, 2.24) is 15.1 Å². The van der Waals surface area contributed by atoms with Gasteiger partial charge >= 0.3 is 0 Å². The Kier molecular flexibility index (Phi) is 4.44. The largest absolute Gasteiger partial charge is 0.314 e. The van der Waals surface area contributed by atoms with Gasteiger partial charge in [0.1, 0.15) is 0 Å². The molecule has 0 amide bonds. The van der Waals surface area contributed by atoms with Gasteiger partial charge in [-0.15, -0.1) is 0 Å². The Hall–Kier alpha value is -0.830. The van der Waals surface area contributed by atoms with Gasteiger partial charge in [0.15, 0.2) is 0 Å². The lowest BCUT2D eigenvalue weighted by atomic mass is 9.79. The molecule has 0 radical (unpaired) electrons. The van der Waals surface area contributed by atoms with Crippen LogP contribution in [0.25, 0.3) is 0 Å². The summed E-state index contributed by atoms with van der Waals surface area (Å²) in [7, 11) is 0. The molecule has 1 aliphatic carbocycles. The molecule has 0 spiro atoms. The summed E-state index contributed by atoms with van der Waals surface area (Å²) in [6, 6.07) is 3.50. The Bertz CT molecular complexity index is 381. The third-order valence-corrected chi connectivity index (χ3v) is 4.07. The second-order valence-electron chi connectivity index (χ2n) is 5.75. The van der Waals surface area contributed by atoms with E-state index in [4.69, 9.17) is 5.10 Å². The van der Waals surface area contributed by atoms with E-state index in [0.717, 1.165) is 25.3 Å². The summed E-state index contributed by atoms with van der Waals surface area (Å²) >= 11 is 0. The highest BCUT2D eigenvalue weighted by atomic mass is 15.3. The molecule has 1 fully saturated rings. The number of aromatic nitrogens is 2. The van der Waals surface area contributed by atoms with E-state index in [0.29, 0.717) is 12.1 Å². The molecule has 0 bridgehead atoms. The van der Waals surface area contributed by atoms with Crippen molar-refractivity contribution in [2.24, 2.45) is 5.92 Å². The number of nitrogens with zero attached hydrogens (tertiary/aromatic N) is 2. The topological polar surface area (TPSA) is 29.9 Å². The van der Waals surface area contributed by atoms with Crippen LogP contribution in [0.5, 0.6) is 0 Å². The maximum Gasteiger partial charge on any atom is 0.0624 e. The van der Waals surface area contributed by atoms with E-state index in [1.807, 2.05) is 0 Å². The van der Waals surface area contributed by atoms with Crippen LogP contribution in [0.3, 0.4) is 0 Å². The second kappa shape index (κ2) is 5.87. The van der Waals surface area contributed by atoms with Crippen molar-refractivity contribution in [2.75, 3.05) is 6.54 Å². The number of aryl methyl sites for hydroxylation is 2. The highest BCUT2D eigenvalue weighted by Gasteiger charge is 2.33. The van der Waals surface area contributed by atoms with E-state index in [-0.39, 0.29) is 0 Å². The van der Waals surface area contributed by atoms with Gasteiger partial charge in [-0.2, -0.15) is 5.10 Å². The zero-order valence-corrected chi connectivity index (χ0v) is 12.2. The summed E-state index contributed by atoms with van der Waals surface area (Å²) in [6.07, 6.45) is 4.77. The molecule has 1 aromatic rings. The highest BCUT2D eigenvalue weighted by Crippen LogP contribution is 2.38. The first-order chi connectivity index (χ1) is 8.65. The van der Waals surface area contributed by atoms with Crippen LogP contribution in [-0.2, 0) is 12.8 Å². The smallest absolute Gasteiger partial charge is 0.0624 e. The zero-order chi connectivity index (χ0) is 13.1. The highest BCUT2D eigenvalue weighted by molar-refractivity contribution is 5.12. The second-order valence-corrected chi connectivity index (χ2v) is 5.75. The summed E-state index contributed by atoms with van der Waals surface area (Å²) in [5.41, 5.74) is 2.65. The molecule has 2 atom stereocenters. The minimum Gasteiger partial charge on any atom is -0.314 e. The van der Waals surface area contributed by atoms with Crippen LogP contribution in [0.1, 0.15) is 58.0 Å². The molecular formula is C15H27N3. The monoisotopic (exact) mass is 249 g/mol. The fourth-order valence-corrected chi connectivity index (χ4v) is 2.71. The first-order valence-corrected chi connectivity index (χ1v) is 7.46. The van der Waals surface area contributed by atoms with Gasteiger partial charge in [-0.25, -0.2) is 0 Å². The Morgan fingerprint density at radius 1 is 1.33 bits per heavy atom. The molecule has 1 saturated carbocycles. The predicted molar refractivity (Wildman–Crippen MR) is 75.9 cm³/mol. The van der Waals surface area contributed by atoms with Crippen molar-refractivity contribution >= 4 is 0 Å². The van der Waals surface area contributed by atoms with Gasteiger partial charge in [-0.3, -0.25) is 4.68 Å². The molecule has 1 N–H and O–H groups in total. The summed E-state index contributed by atoms with van der Waals surface area (Å²) < 4.78 is 2.31. The molecule has 1 aliphatic rings.